The van der Waals surface area contributed by atoms with Gasteiger partial charge in [0.05, 0.1) is 35.7 Å². The molecule has 0 spiro atoms. The van der Waals surface area contributed by atoms with E-state index in [0.717, 1.165) is 24.2 Å². The molecular formula is C20H21N5O. The molecule has 3 aromatic rings. The molecule has 1 atom stereocenters. The fraction of sp³-hybridized carbons (Fsp3) is 0.300. The molecule has 0 saturated heterocycles. The van der Waals surface area contributed by atoms with Gasteiger partial charge in [0, 0.05) is 6.20 Å². The van der Waals surface area contributed by atoms with E-state index in [0.29, 0.717) is 11.6 Å². The number of pyridine rings is 1. The number of rotatable bonds is 6. The first-order valence-corrected chi connectivity index (χ1v) is 8.96. The molecule has 4 rings (SSSR count). The molecule has 1 aliphatic rings. The van der Waals surface area contributed by atoms with Crippen molar-refractivity contribution in [2.45, 2.75) is 31.7 Å². The van der Waals surface area contributed by atoms with E-state index >= 15 is 0 Å². The molecule has 132 valence electrons. The van der Waals surface area contributed by atoms with Crippen LogP contribution in [0.1, 0.15) is 36.7 Å². The molecule has 26 heavy (non-hydrogen) atoms. The molecule has 1 aliphatic carbocycles. The summed E-state index contributed by atoms with van der Waals surface area (Å²) in [5.41, 5.74) is 2.46. The molecular weight excluding hydrogens is 326 g/mol. The van der Waals surface area contributed by atoms with Crippen molar-refractivity contribution in [3.8, 4) is 5.69 Å². The molecule has 1 aromatic carbocycles. The first-order chi connectivity index (χ1) is 12.8. The van der Waals surface area contributed by atoms with Crippen LogP contribution in [0.2, 0.25) is 0 Å². The molecule has 6 heteroatoms. The smallest absolute Gasteiger partial charge is 0.226 e. The zero-order valence-corrected chi connectivity index (χ0v) is 14.5. The van der Waals surface area contributed by atoms with Crippen molar-refractivity contribution >= 4 is 5.91 Å². The lowest BCUT2D eigenvalue weighted by molar-refractivity contribution is -0.121. The average Bonchev–Trinajstić information content (AvgIpc) is 3.09. The van der Waals surface area contributed by atoms with Crippen LogP contribution in [0, 0.1) is 5.92 Å². The number of hydrogen-bond acceptors (Lipinski definition) is 4. The third-order valence-corrected chi connectivity index (χ3v) is 4.81. The van der Waals surface area contributed by atoms with E-state index in [2.05, 4.69) is 20.5 Å². The van der Waals surface area contributed by atoms with Crippen LogP contribution in [0.5, 0.6) is 0 Å². The predicted octanol–water partition coefficient (Wildman–Crippen LogP) is 2.86. The van der Waals surface area contributed by atoms with E-state index in [1.165, 1.54) is 6.42 Å². The van der Waals surface area contributed by atoms with Crippen LogP contribution in [0.4, 0.5) is 0 Å². The SMILES string of the molecule is O=C(Cc1cnn(-c2ccccc2)n1)NC(c1ccccn1)C1CCC1. The van der Waals surface area contributed by atoms with Crippen molar-refractivity contribution < 1.29 is 4.79 Å². The van der Waals surface area contributed by atoms with E-state index in [4.69, 9.17) is 0 Å². The van der Waals surface area contributed by atoms with E-state index in [9.17, 15) is 4.79 Å². The Bertz CT molecular complexity index is 858. The standard InChI is InChI=1S/C20H21N5O/c26-19(13-16-14-22-25(24-16)17-9-2-1-3-10-17)23-20(15-7-6-8-15)18-11-4-5-12-21-18/h1-5,9-12,14-15,20H,6-8,13H2,(H,23,26). The van der Waals surface area contributed by atoms with Gasteiger partial charge in [0.1, 0.15) is 0 Å². The maximum Gasteiger partial charge on any atom is 0.226 e. The van der Waals surface area contributed by atoms with E-state index < -0.39 is 0 Å². The number of para-hydroxylation sites is 1. The topological polar surface area (TPSA) is 72.7 Å². The lowest BCUT2D eigenvalue weighted by atomic mass is 9.78. The fourth-order valence-electron chi connectivity index (χ4n) is 3.22. The average molecular weight is 347 g/mol. The Kier molecular flexibility index (Phi) is 4.73. The molecule has 1 N–H and O–H groups in total. The monoisotopic (exact) mass is 347 g/mol. The number of amides is 1. The molecule has 2 aromatic heterocycles. The molecule has 1 amide bonds. The largest absolute Gasteiger partial charge is 0.347 e. The number of nitrogens with one attached hydrogen (secondary N) is 1. The number of carbonyl (C=O) groups is 1. The molecule has 2 heterocycles. The van der Waals surface area contributed by atoms with Crippen molar-refractivity contribution in [2.75, 3.05) is 0 Å². The highest BCUT2D eigenvalue weighted by Gasteiger charge is 2.30. The minimum atomic E-state index is -0.0485. The molecule has 0 aliphatic heterocycles. The Morgan fingerprint density at radius 1 is 1.15 bits per heavy atom. The van der Waals surface area contributed by atoms with Gasteiger partial charge in [0.25, 0.3) is 0 Å². The third-order valence-electron chi connectivity index (χ3n) is 4.81. The second-order valence-electron chi connectivity index (χ2n) is 6.63. The van der Waals surface area contributed by atoms with Crippen molar-refractivity contribution in [3.63, 3.8) is 0 Å². The van der Waals surface area contributed by atoms with Crippen LogP contribution >= 0.6 is 0 Å². The maximum absolute atomic E-state index is 12.6. The van der Waals surface area contributed by atoms with Gasteiger partial charge in [0.2, 0.25) is 5.91 Å². The van der Waals surface area contributed by atoms with E-state index in [1.54, 1.807) is 17.2 Å². The molecule has 0 bridgehead atoms. The quantitative estimate of drug-likeness (QED) is 0.744. The number of hydrogen-bond donors (Lipinski definition) is 1. The van der Waals surface area contributed by atoms with Crippen LogP contribution in [0.25, 0.3) is 5.69 Å². The summed E-state index contributed by atoms with van der Waals surface area (Å²) in [6.45, 7) is 0. The molecule has 0 radical (unpaired) electrons. The van der Waals surface area contributed by atoms with Gasteiger partial charge in [-0.3, -0.25) is 9.78 Å². The second-order valence-corrected chi connectivity index (χ2v) is 6.63. The van der Waals surface area contributed by atoms with Gasteiger partial charge in [-0.05, 0) is 43.0 Å². The summed E-state index contributed by atoms with van der Waals surface area (Å²) in [6.07, 6.45) is 7.11. The van der Waals surface area contributed by atoms with Crippen LogP contribution in [-0.2, 0) is 11.2 Å². The van der Waals surface area contributed by atoms with Crippen LogP contribution in [0.15, 0.2) is 60.9 Å². The molecule has 1 fully saturated rings. The molecule has 1 saturated carbocycles. The highest BCUT2D eigenvalue weighted by atomic mass is 16.1. The van der Waals surface area contributed by atoms with Crippen molar-refractivity contribution in [1.82, 2.24) is 25.3 Å². The van der Waals surface area contributed by atoms with Gasteiger partial charge in [-0.25, -0.2) is 0 Å². The summed E-state index contributed by atoms with van der Waals surface area (Å²) in [4.78, 5) is 18.6. The zero-order valence-electron chi connectivity index (χ0n) is 14.5. The van der Waals surface area contributed by atoms with Crippen molar-refractivity contribution in [2.24, 2.45) is 5.92 Å². The number of benzene rings is 1. The highest BCUT2D eigenvalue weighted by Crippen LogP contribution is 2.37. The lowest BCUT2D eigenvalue weighted by Crippen LogP contribution is -2.37. The number of nitrogens with zero attached hydrogens (tertiary/aromatic N) is 4. The zero-order chi connectivity index (χ0) is 17.8. The van der Waals surface area contributed by atoms with Gasteiger partial charge in [0.15, 0.2) is 0 Å². The third kappa shape index (κ3) is 3.64. The molecule has 1 unspecified atom stereocenters. The van der Waals surface area contributed by atoms with Gasteiger partial charge in [-0.1, -0.05) is 30.7 Å². The van der Waals surface area contributed by atoms with Gasteiger partial charge < -0.3 is 5.32 Å². The van der Waals surface area contributed by atoms with E-state index in [-0.39, 0.29) is 18.4 Å². The lowest BCUT2D eigenvalue weighted by Gasteiger charge is -2.33. The highest BCUT2D eigenvalue weighted by molar-refractivity contribution is 5.78. The minimum Gasteiger partial charge on any atom is -0.347 e. The summed E-state index contributed by atoms with van der Waals surface area (Å²) in [5, 5.41) is 11.8. The summed E-state index contributed by atoms with van der Waals surface area (Å²) in [6, 6.07) is 15.5. The normalized spacial score (nSPS) is 15.2. The molecule has 6 nitrogen and oxygen atoms in total. The fourth-order valence-corrected chi connectivity index (χ4v) is 3.22. The summed E-state index contributed by atoms with van der Waals surface area (Å²) < 4.78 is 0. The first-order valence-electron chi connectivity index (χ1n) is 8.96. The number of aromatic nitrogens is 4. The Balaban J connectivity index is 1.43. The first kappa shape index (κ1) is 16.4. The van der Waals surface area contributed by atoms with Gasteiger partial charge in [-0.2, -0.15) is 15.0 Å². The minimum absolute atomic E-state index is 0.0263. The summed E-state index contributed by atoms with van der Waals surface area (Å²) >= 11 is 0. The van der Waals surface area contributed by atoms with Crippen molar-refractivity contribution in [1.29, 1.82) is 0 Å². The Hall–Kier alpha value is -3.02. The van der Waals surface area contributed by atoms with Crippen molar-refractivity contribution in [3.05, 3.63) is 72.3 Å². The Morgan fingerprint density at radius 2 is 1.96 bits per heavy atom. The van der Waals surface area contributed by atoms with Gasteiger partial charge >= 0.3 is 0 Å². The van der Waals surface area contributed by atoms with Crippen LogP contribution < -0.4 is 5.32 Å². The van der Waals surface area contributed by atoms with Crippen LogP contribution in [0.3, 0.4) is 0 Å². The second kappa shape index (κ2) is 7.47. The maximum atomic E-state index is 12.6. The number of carbonyl (C=O) groups excluding carboxylic acids is 1. The van der Waals surface area contributed by atoms with E-state index in [1.807, 2.05) is 48.5 Å². The Morgan fingerprint density at radius 3 is 2.65 bits per heavy atom. The van der Waals surface area contributed by atoms with Crippen LogP contribution in [-0.4, -0.2) is 25.9 Å². The Labute approximate surface area is 152 Å². The summed E-state index contributed by atoms with van der Waals surface area (Å²) in [7, 11) is 0. The predicted molar refractivity (Wildman–Crippen MR) is 97.5 cm³/mol. The van der Waals surface area contributed by atoms with Gasteiger partial charge in [-0.15, -0.1) is 0 Å². The summed E-state index contributed by atoms with van der Waals surface area (Å²) in [5.74, 6) is 0.418.